The van der Waals surface area contributed by atoms with Gasteiger partial charge in [-0.1, -0.05) is 37.6 Å². The Kier molecular flexibility index (Phi) is 6.31. The van der Waals surface area contributed by atoms with E-state index >= 15 is 0 Å². The lowest BCUT2D eigenvalue weighted by Gasteiger charge is -2.09. The minimum Gasteiger partial charge on any atom is -0.491 e. The highest BCUT2D eigenvalue weighted by molar-refractivity contribution is 5.27. The summed E-state index contributed by atoms with van der Waals surface area (Å²) >= 11 is 0. The van der Waals surface area contributed by atoms with E-state index < -0.39 is 0 Å². The van der Waals surface area contributed by atoms with Crippen LogP contribution >= 0.6 is 0 Å². The maximum Gasteiger partial charge on any atom is 0.123 e. The van der Waals surface area contributed by atoms with Gasteiger partial charge >= 0.3 is 0 Å². The van der Waals surface area contributed by atoms with Gasteiger partial charge in [0.25, 0.3) is 0 Å². The summed E-state index contributed by atoms with van der Waals surface area (Å²) in [6.45, 7) is 5.73. The van der Waals surface area contributed by atoms with E-state index in [2.05, 4.69) is 50.3 Å². The van der Waals surface area contributed by atoms with Gasteiger partial charge in [0.2, 0.25) is 0 Å². The molecule has 2 nitrogen and oxygen atoms in total. The fraction of sp³-hybridized carbons (Fsp3) is 0.579. The quantitative estimate of drug-likeness (QED) is 0.346. The van der Waals surface area contributed by atoms with E-state index in [1.165, 1.54) is 37.7 Å². The van der Waals surface area contributed by atoms with Crippen molar-refractivity contribution in [3.05, 3.63) is 42.0 Å². The zero-order valence-electron chi connectivity index (χ0n) is 13.4. The van der Waals surface area contributed by atoms with Gasteiger partial charge in [-0.2, -0.15) is 0 Å². The van der Waals surface area contributed by atoms with Crippen LogP contribution in [-0.2, 0) is 11.2 Å². The highest BCUT2D eigenvalue weighted by atomic mass is 16.6. The highest BCUT2D eigenvalue weighted by Gasteiger charge is 2.40. The lowest BCUT2D eigenvalue weighted by molar-refractivity contribution is 0.202. The van der Waals surface area contributed by atoms with Gasteiger partial charge < -0.3 is 9.47 Å². The van der Waals surface area contributed by atoms with Gasteiger partial charge in [-0.25, -0.2) is 0 Å². The number of rotatable bonds is 10. The fourth-order valence-electron chi connectivity index (χ4n) is 2.25. The van der Waals surface area contributed by atoms with Crippen molar-refractivity contribution in [3.8, 4) is 5.75 Å². The van der Waals surface area contributed by atoms with Crippen molar-refractivity contribution in [3.63, 3.8) is 0 Å². The molecular formula is C19H28O2. The van der Waals surface area contributed by atoms with Crippen molar-refractivity contribution in [2.45, 2.75) is 58.0 Å². The van der Waals surface area contributed by atoms with Crippen LogP contribution in [0.3, 0.4) is 0 Å². The molecule has 1 saturated heterocycles. The average Bonchev–Trinajstić information content (AvgIpc) is 3.24. The Balaban J connectivity index is 1.59. The topological polar surface area (TPSA) is 21.8 Å². The van der Waals surface area contributed by atoms with E-state index in [9.17, 15) is 0 Å². The van der Waals surface area contributed by atoms with Crippen molar-refractivity contribution in [1.82, 2.24) is 0 Å². The number of aryl methyl sites for hydroxylation is 1. The van der Waals surface area contributed by atoms with E-state index in [0.717, 1.165) is 18.8 Å². The van der Waals surface area contributed by atoms with Crippen molar-refractivity contribution in [2.24, 2.45) is 0 Å². The monoisotopic (exact) mass is 288 g/mol. The molecule has 0 aromatic heterocycles. The second-order valence-electron chi connectivity index (χ2n) is 6.15. The smallest absolute Gasteiger partial charge is 0.123 e. The summed E-state index contributed by atoms with van der Waals surface area (Å²) in [6, 6.07) is 8.51. The molecule has 0 N–H and O–H groups in total. The van der Waals surface area contributed by atoms with Crippen LogP contribution < -0.4 is 4.74 Å². The molecule has 21 heavy (non-hydrogen) atoms. The summed E-state index contributed by atoms with van der Waals surface area (Å²) in [6.07, 6.45) is 12.0. The first-order chi connectivity index (χ1) is 10.2. The first-order valence-electron chi connectivity index (χ1n) is 8.22. The maximum absolute atomic E-state index is 5.74. The van der Waals surface area contributed by atoms with Gasteiger partial charge in [-0.05, 0) is 56.7 Å². The molecule has 1 aliphatic rings. The van der Waals surface area contributed by atoms with Crippen LogP contribution in [0.2, 0.25) is 0 Å². The largest absolute Gasteiger partial charge is 0.491 e. The van der Waals surface area contributed by atoms with E-state index in [-0.39, 0.29) is 5.60 Å². The van der Waals surface area contributed by atoms with Crippen LogP contribution in [0.1, 0.15) is 51.5 Å². The molecule has 0 saturated carbocycles. The third-order valence-corrected chi connectivity index (χ3v) is 3.84. The summed E-state index contributed by atoms with van der Waals surface area (Å²) < 4.78 is 11.0. The molecule has 1 atom stereocenters. The van der Waals surface area contributed by atoms with Gasteiger partial charge in [-0.15, -0.1) is 0 Å². The molecule has 1 fully saturated rings. The first-order valence-corrected chi connectivity index (χ1v) is 8.22. The van der Waals surface area contributed by atoms with E-state index in [0.29, 0.717) is 6.61 Å². The molecule has 1 heterocycles. The number of ether oxygens (including phenoxy) is 2. The minimum absolute atomic E-state index is 0.0368. The van der Waals surface area contributed by atoms with Crippen LogP contribution in [0.4, 0.5) is 0 Å². The number of epoxide rings is 1. The summed E-state index contributed by atoms with van der Waals surface area (Å²) in [5, 5.41) is 0. The standard InChI is InChI=1S/C19H28O2/c1-3-4-5-6-7-8-9-10-17-11-13-18(14-12-17)20-15-19(2)16-21-19/h4-5,11-14H,3,6-10,15-16H2,1-2H3/b5-4+. The molecule has 2 heteroatoms. The van der Waals surface area contributed by atoms with Crippen LogP contribution in [-0.4, -0.2) is 18.8 Å². The molecule has 1 unspecified atom stereocenters. The molecular weight excluding hydrogens is 260 g/mol. The SMILES string of the molecule is CC/C=C/CCCCCc1ccc(OCC2(C)CO2)cc1. The number of hydrogen-bond acceptors (Lipinski definition) is 2. The maximum atomic E-state index is 5.74. The Morgan fingerprint density at radius 1 is 1.14 bits per heavy atom. The average molecular weight is 288 g/mol. The number of benzene rings is 1. The second kappa shape index (κ2) is 8.23. The molecule has 0 radical (unpaired) electrons. The van der Waals surface area contributed by atoms with Gasteiger partial charge in [0, 0.05) is 0 Å². The van der Waals surface area contributed by atoms with E-state index in [4.69, 9.17) is 9.47 Å². The first kappa shape index (κ1) is 16.1. The predicted octanol–water partition coefficient (Wildman–Crippen LogP) is 4.92. The Labute approximate surface area is 129 Å². The van der Waals surface area contributed by atoms with Crippen molar-refractivity contribution in [2.75, 3.05) is 13.2 Å². The van der Waals surface area contributed by atoms with E-state index in [1.54, 1.807) is 0 Å². The van der Waals surface area contributed by atoms with Gasteiger partial charge in [0.05, 0.1) is 6.61 Å². The third-order valence-electron chi connectivity index (χ3n) is 3.84. The van der Waals surface area contributed by atoms with E-state index in [1.807, 2.05) is 0 Å². The van der Waals surface area contributed by atoms with Crippen LogP contribution in [0.5, 0.6) is 5.75 Å². The molecule has 116 valence electrons. The normalized spacial score (nSPS) is 20.9. The lowest BCUT2D eigenvalue weighted by Crippen LogP contribution is -2.16. The Morgan fingerprint density at radius 3 is 2.57 bits per heavy atom. The fourth-order valence-corrected chi connectivity index (χ4v) is 2.25. The number of hydrogen-bond donors (Lipinski definition) is 0. The van der Waals surface area contributed by atoms with Gasteiger partial charge in [-0.3, -0.25) is 0 Å². The van der Waals surface area contributed by atoms with Crippen LogP contribution in [0.15, 0.2) is 36.4 Å². The lowest BCUT2D eigenvalue weighted by atomic mass is 10.1. The molecule has 0 aliphatic carbocycles. The molecule has 1 aromatic carbocycles. The third kappa shape index (κ3) is 6.34. The molecule has 0 spiro atoms. The summed E-state index contributed by atoms with van der Waals surface area (Å²) in [5.74, 6) is 0.945. The second-order valence-corrected chi connectivity index (χ2v) is 6.15. The van der Waals surface area contributed by atoms with Crippen molar-refractivity contribution < 1.29 is 9.47 Å². The minimum atomic E-state index is -0.0368. The number of allylic oxidation sites excluding steroid dienone is 2. The summed E-state index contributed by atoms with van der Waals surface area (Å²) in [4.78, 5) is 0. The molecule has 2 rings (SSSR count). The Bertz CT molecular complexity index is 429. The predicted molar refractivity (Wildman–Crippen MR) is 87.9 cm³/mol. The van der Waals surface area contributed by atoms with Gasteiger partial charge in [0.1, 0.15) is 18.0 Å². The Morgan fingerprint density at radius 2 is 1.90 bits per heavy atom. The molecule has 0 amide bonds. The highest BCUT2D eigenvalue weighted by Crippen LogP contribution is 2.27. The summed E-state index contributed by atoms with van der Waals surface area (Å²) in [5.41, 5.74) is 1.37. The van der Waals surface area contributed by atoms with Crippen LogP contribution in [0, 0.1) is 0 Å². The van der Waals surface area contributed by atoms with Crippen molar-refractivity contribution in [1.29, 1.82) is 0 Å². The van der Waals surface area contributed by atoms with Crippen molar-refractivity contribution >= 4 is 0 Å². The zero-order valence-corrected chi connectivity index (χ0v) is 13.4. The molecule has 0 bridgehead atoms. The van der Waals surface area contributed by atoms with Crippen LogP contribution in [0.25, 0.3) is 0 Å². The zero-order chi connectivity index (χ0) is 15.0. The Hall–Kier alpha value is -1.28. The van der Waals surface area contributed by atoms with Gasteiger partial charge in [0.15, 0.2) is 0 Å². The summed E-state index contributed by atoms with van der Waals surface area (Å²) in [7, 11) is 0. The number of unbranched alkanes of at least 4 members (excludes halogenated alkanes) is 3. The molecule has 1 aliphatic heterocycles. The molecule has 1 aromatic rings.